The van der Waals surface area contributed by atoms with Gasteiger partial charge in [0.15, 0.2) is 0 Å². The average molecular weight is 265 g/mol. The molecule has 1 N–H and O–H groups in total. The summed E-state index contributed by atoms with van der Waals surface area (Å²) in [6, 6.07) is 5.05. The lowest BCUT2D eigenvalue weighted by atomic mass is 9.86. The van der Waals surface area contributed by atoms with E-state index in [1.807, 2.05) is 6.07 Å². The number of benzene rings is 1. The van der Waals surface area contributed by atoms with Gasteiger partial charge >= 0.3 is 0 Å². The van der Waals surface area contributed by atoms with Crippen LogP contribution in [0.4, 0.5) is 4.39 Å². The third-order valence-electron chi connectivity index (χ3n) is 3.84. The van der Waals surface area contributed by atoms with E-state index in [1.54, 1.807) is 0 Å². The molecule has 19 heavy (non-hydrogen) atoms. The molecule has 2 nitrogen and oxygen atoms in total. The first-order valence-electron chi connectivity index (χ1n) is 7.36. The first-order chi connectivity index (χ1) is 9.20. The van der Waals surface area contributed by atoms with E-state index in [2.05, 4.69) is 19.2 Å². The highest BCUT2D eigenvalue weighted by atomic mass is 19.1. The van der Waals surface area contributed by atoms with Crippen LogP contribution in [0.25, 0.3) is 0 Å². The maximum absolute atomic E-state index is 13.4. The van der Waals surface area contributed by atoms with Gasteiger partial charge in [-0.15, -0.1) is 0 Å². The zero-order valence-electron chi connectivity index (χ0n) is 11.9. The maximum atomic E-state index is 13.4. The molecule has 1 aromatic carbocycles. The van der Waals surface area contributed by atoms with Gasteiger partial charge in [-0.3, -0.25) is 0 Å². The van der Waals surface area contributed by atoms with Crippen molar-refractivity contribution in [2.24, 2.45) is 5.92 Å². The fourth-order valence-electron chi connectivity index (χ4n) is 2.33. The highest BCUT2D eigenvalue weighted by Crippen LogP contribution is 2.30. The lowest BCUT2D eigenvalue weighted by Crippen LogP contribution is -2.22. The largest absolute Gasteiger partial charge is 0.493 e. The predicted octanol–water partition coefficient (Wildman–Crippen LogP) is 4.07. The SMILES string of the molecule is CCCNC(C)c1ccc(F)cc1OCC1CCC1. The second-order valence-electron chi connectivity index (χ2n) is 5.47. The number of hydrogen-bond acceptors (Lipinski definition) is 2. The molecule has 0 spiro atoms. The molecule has 0 heterocycles. The van der Waals surface area contributed by atoms with Gasteiger partial charge in [-0.05, 0) is 44.7 Å². The van der Waals surface area contributed by atoms with E-state index in [0.29, 0.717) is 11.7 Å². The van der Waals surface area contributed by atoms with Gasteiger partial charge in [-0.1, -0.05) is 19.4 Å². The summed E-state index contributed by atoms with van der Waals surface area (Å²) in [5, 5.41) is 3.42. The van der Waals surface area contributed by atoms with Gasteiger partial charge in [-0.25, -0.2) is 4.39 Å². The molecule has 1 unspecified atom stereocenters. The Morgan fingerprint density at radius 2 is 2.21 bits per heavy atom. The topological polar surface area (TPSA) is 21.3 Å². The molecular weight excluding hydrogens is 241 g/mol. The van der Waals surface area contributed by atoms with Crippen LogP contribution < -0.4 is 10.1 Å². The second-order valence-corrected chi connectivity index (χ2v) is 5.47. The third-order valence-corrected chi connectivity index (χ3v) is 3.84. The van der Waals surface area contributed by atoms with Gasteiger partial charge in [0.05, 0.1) is 6.61 Å². The van der Waals surface area contributed by atoms with Crippen molar-refractivity contribution in [3.05, 3.63) is 29.6 Å². The molecule has 1 aliphatic carbocycles. The van der Waals surface area contributed by atoms with Crippen molar-refractivity contribution in [3.63, 3.8) is 0 Å². The lowest BCUT2D eigenvalue weighted by Gasteiger charge is -2.26. The molecule has 0 saturated heterocycles. The molecule has 0 aromatic heterocycles. The summed E-state index contributed by atoms with van der Waals surface area (Å²) in [6.45, 7) is 5.91. The van der Waals surface area contributed by atoms with E-state index < -0.39 is 0 Å². The molecule has 0 aliphatic heterocycles. The smallest absolute Gasteiger partial charge is 0.126 e. The Hall–Kier alpha value is -1.09. The summed E-state index contributed by atoms with van der Waals surface area (Å²) in [6.07, 6.45) is 4.88. The second kappa shape index (κ2) is 6.90. The fourth-order valence-corrected chi connectivity index (χ4v) is 2.33. The van der Waals surface area contributed by atoms with E-state index in [1.165, 1.54) is 31.4 Å². The Kier molecular flexibility index (Phi) is 5.20. The van der Waals surface area contributed by atoms with Gasteiger partial charge < -0.3 is 10.1 Å². The van der Waals surface area contributed by atoms with Crippen molar-refractivity contribution in [3.8, 4) is 5.75 Å². The van der Waals surface area contributed by atoms with Gasteiger partial charge in [0.1, 0.15) is 11.6 Å². The summed E-state index contributed by atoms with van der Waals surface area (Å²) in [7, 11) is 0. The Labute approximate surface area is 115 Å². The highest BCUT2D eigenvalue weighted by Gasteiger charge is 2.19. The third kappa shape index (κ3) is 3.93. The average Bonchev–Trinajstić information content (AvgIpc) is 2.34. The minimum Gasteiger partial charge on any atom is -0.493 e. The molecule has 3 heteroatoms. The van der Waals surface area contributed by atoms with Crippen molar-refractivity contribution in [2.45, 2.75) is 45.6 Å². The molecule has 1 aliphatic rings. The van der Waals surface area contributed by atoms with E-state index in [-0.39, 0.29) is 11.9 Å². The Bertz CT molecular complexity index is 404. The Morgan fingerprint density at radius 1 is 1.42 bits per heavy atom. The van der Waals surface area contributed by atoms with E-state index in [4.69, 9.17) is 4.74 Å². The van der Waals surface area contributed by atoms with Gasteiger partial charge in [-0.2, -0.15) is 0 Å². The van der Waals surface area contributed by atoms with Crippen LogP contribution in [0.2, 0.25) is 0 Å². The number of ether oxygens (including phenoxy) is 1. The Morgan fingerprint density at radius 3 is 2.84 bits per heavy atom. The standard InChI is InChI=1S/C16H24FNO/c1-3-9-18-12(2)15-8-7-14(17)10-16(15)19-11-13-5-4-6-13/h7-8,10,12-13,18H,3-6,9,11H2,1-2H3. The highest BCUT2D eigenvalue weighted by molar-refractivity contribution is 5.36. The summed E-state index contributed by atoms with van der Waals surface area (Å²) in [5.74, 6) is 1.13. The number of rotatable bonds is 7. The quantitative estimate of drug-likeness (QED) is 0.802. The summed E-state index contributed by atoms with van der Waals surface area (Å²) in [5.41, 5.74) is 1.05. The monoisotopic (exact) mass is 265 g/mol. The maximum Gasteiger partial charge on any atom is 0.126 e. The first kappa shape index (κ1) is 14.3. The first-order valence-corrected chi connectivity index (χ1v) is 7.36. The lowest BCUT2D eigenvalue weighted by molar-refractivity contribution is 0.178. The molecule has 1 atom stereocenters. The van der Waals surface area contributed by atoms with Crippen molar-refractivity contribution < 1.29 is 9.13 Å². The van der Waals surface area contributed by atoms with Crippen LogP contribution in [0.5, 0.6) is 5.75 Å². The van der Waals surface area contributed by atoms with Crippen LogP contribution in [-0.2, 0) is 0 Å². The molecule has 1 aromatic rings. The molecule has 1 fully saturated rings. The van der Waals surface area contributed by atoms with Crippen LogP contribution in [0, 0.1) is 11.7 Å². The van der Waals surface area contributed by atoms with Gasteiger partial charge in [0.25, 0.3) is 0 Å². The Balaban J connectivity index is 2.02. The van der Waals surface area contributed by atoms with Crippen molar-refractivity contribution in [2.75, 3.05) is 13.2 Å². The van der Waals surface area contributed by atoms with Gasteiger partial charge in [0, 0.05) is 17.7 Å². The number of halogens is 1. The zero-order valence-corrected chi connectivity index (χ0v) is 11.9. The number of hydrogen-bond donors (Lipinski definition) is 1. The van der Waals surface area contributed by atoms with Crippen molar-refractivity contribution in [1.82, 2.24) is 5.32 Å². The molecule has 2 rings (SSSR count). The van der Waals surface area contributed by atoms with Crippen molar-refractivity contribution >= 4 is 0 Å². The van der Waals surface area contributed by atoms with Gasteiger partial charge in [0.2, 0.25) is 0 Å². The fraction of sp³-hybridized carbons (Fsp3) is 0.625. The number of nitrogens with one attached hydrogen (secondary N) is 1. The van der Waals surface area contributed by atoms with E-state index >= 15 is 0 Å². The van der Waals surface area contributed by atoms with Crippen LogP contribution in [0.15, 0.2) is 18.2 Å². The van der Waals surface area contributed by atoms with E-state index in [0.717, 1.165) is 25.1 Å². The normalized spacial score (nSPS) is 17.0. The van der Waals surface area contributed by atoms with Crippen LogP contribution in [0.1, 0.15) is 51.1 Å². The van der Waals surface area contributed by atoms with Crippen molar-refractivity contribution in [1.29, 1.82) is 0 Å². The molecule has 106 valence electrons. The molecule has 0 amide bonds. The molecular formula is C16H24FNO. The van der Waals surface area contributed by atoms with Crippen LogP contribution in [-0.4, -0.2) is 13.2 Å². The zero-order chi connectivity index (χ0) is 13.7. The van der Waals surface area contributed by atoms with E-state index in [9.17, 15) is 4.39 Å². The minimum absolute atomic E-state index is 0.192. The molecule has 1 saturated carbocycles. The molecule has 0 bridgehead atoms. The van der Waals surface area contributed by atoms with Crippen LogP contribution >= 0.6 is 0 Å². The molecule has 0 radical (unpaired) electrons. The van der Waals surface area contributed by atoms with Crippen LogP contribution in [0.3, 0.4) is 0 Å². The minimum atomic E-state index is -0.227. The summed E-state index contributed by atoms with van der Waals surface area (Å²) >= 11 is 0. The summed E-state index contributed by atoms with van der Waals surface area (Å²) < 4.78 is 19.2. The summed E-state index contributed by atoms with van der Waals surface area (Å²) in [4.78, 5) is 0. The predicted molar refractivity (Wildman–Crippen MR) is 75.9 cm³/mol.